The molecule has 128 valence electrons. The number of hydrogen-bond donors (Lipinski definition) is 1. The fourth-order valence-electron chi connectivity index (χ4n) is 3.48. The van der Waals surface area contributed by atoms with E-state index in [9.17, 15) is 13.5 Å². The second-order valence-electron chi connectivity index (χ2n) is 6.65. The second kappa shape index (κ2) is 6.84. The van der Waals surface area contributed by atoms with Crippen molar-refractivity contribution in [1.82, 2.24) is 14.2 Å². The number of sulfonamides is 1. The van der Waals surface area contributed by atoms with Gasteiger partial charge in [-0.2, -0.15) is 4.31 Å². The molecule has 6 nitrogen and oxygen atoms in total. The van der Waals surface area contributed by atoms with Crippen molar-refractivity contribution in [1.29, 1.82) is 0 Å². The van der Waals surface area contributed by atoms with Gasteiger partial charge in [-0.3, -0.25) is 4.98 Å². The van der Waals surface area contributed by atoms with Crippen LogP contribution in [0.5, 0.6) is 0 Å². The first-order valence-electron chi connectivity index (χ1n) is 8.35. The van der Waals surface area contributed by atoms with Gasteiger partial charge in [-0.15, -0.1) is 0 Å². The van der Waals surface area contributed by atoms with Gasteiger partial charge in [0.25, 0.3) is 0 Å². The number of rotatable bonds is 4. The molecule has 23 heavy (non-hydrogen) atoms. The van der Waals surface area contributed by atoms with Gasteiger partial charge in [-0.25, -0.2) is 8.42 Å². The van der Waals surface area contributed by atoms with Crippen LogP contribution in [0.1, 0.15) is 32.1 Å². The van der Waals surface area contributed by atoms with Crippen LogP contribution < -0.4 is 0 Å². The molecule has 3 rings (SSSR count). The Bertz CT molecular complexity index is 607. The lowest BCUT2D eigenvalue weighted by Crippen LogP contribution is -2.52. The third-order valence-electron chi connectivity index (χ3n) is 4.89. The zero-order valence-electron chi connectivity index (χ0n) is 13.4. The summed E-state index contributed by atoms with van der Waals surface area (Å²) in [5.74, 6) is 0. The van der Waals surface area contributed by atoms with Gasteiger partial charge in [-0.1, -0.05) is 6.42 Å². The predicted octanol–water partition coefficient (Wildman–Crippen LogP) is 1.08. The molecule has 0 bridgehead atoms. The van der Waals surface area contributed by atoms with Gasteiger partial charge in [0, 0.05) is 32.0 Å². The maximum absolute atomic E-state index is 12.6. The van der Waals surface area contributed by atoms with E-state index in [-0.39, 0.29) is 4.90 Å². The number of piperidine rings is 2. The molecule has 2 aliphatic rings. The summed E-state index contributed by atoms with van der Waals surface area (Å²) in [5.41, 5.74) is -0.766. The van der Waals surface area contributed by atoms with Gasteiger partial charge in [-0.05, 0) is 50.9 Å². The highest BCUT2D eigenvalue weighted by molar-refractivity contribution is 7.89. The third-order valence-corrected chi connectivity index (χ3v) is 6.77. The average molecular weight is 339 g/mol. The fraction of sp³-hybridized carbons (Fsp3) is 0.688. The second-order valence-corrected chi connectivity index (χ2v) is 8.59. The van der Waals surface area contributed by atoms with Crippen LogP contribution in [0.4, 0.5) is 0 Å². The molecule has 0 amide bonds. The summed E-state index contributed by atoms with van der Waals surface area (Å²) in [5, 5.41) is 10.8. The maximum atomic E-state index is 12.6. The molecule has 1 N–H and O–H groups in total. The summed E-state index contributed by atoms with van der Waals surface area (Å²) in [7, 11) is -3.50. The molecule has 0 saturated carbocycles. The zero-order valence-corrected chi connectivity index (χ0v) is 14.2. The van der Waals surface area contributed by atoms with Gasteiger partial charge in [0.2, 0.25) is 10.0 Å². The van der Waals surface area contributed by atoms with Crippen LogP contribution in [-0.4, -0.2) is 66.0 Å². The monoisotopic (exact) mass is 339 g/mol. The Morgan fingerprint density at radius 3 is 2.43 bits per heavy atom. The molecule has 0 aromatic carbocycles. The number of aliphatic hydroxyl groups is 1. The van der Waals surface area contributed by atoms with Gasteiger partial charge in [0.1, 0.15) is 4.90 Å². The van der Waals surface area contributed by atoms with E-state index in [4.69, 9.17) is 0 Å². The highest BCUT2D eigenvalue weighted by Crippen LogP contribution is 2.28. The Kier molecular flexibility index (Phi) is 5.01. The normalized spacial score (nSPS) is 23.7. The van der Waals surface area contributed by atoms with Crippen LogP contribution in [0.25, 0.3) is 0 Å². The maximum Gasteiger partial charge on any atom is 0.244 e. The van der Waals surface area contributed by atoms with Crippen LogP contribution in [-0.2, 0) is 10.0 Å². The topological polar surface area (TPSA) is 73.7 Å². The summed E-state index contributed by atoms with van der Waals surface area (Å²) < 4.78 is 26.6. The number of pyridine rings is 1. The average Bonchev–Trinajstić information content (AvgIpc) is 2.57. The fourth-order valence-corrected chi connectivity index (χ4v) is 4.89. The number of hydrogen-bond acceptors (Lipinski definition) is 5. The molecule has 1 aromatic rings. The minimum Gasteiger partial charge on any atom is -0.388 e. The van der Waals surface area contributed by atoms with E-state index in [1.54, 1.807) is 18.3 Å². The number of likely N-dealkylation sites (tertiary alicyclic amines) is 1. The van der Waals surface area contributed by atoms with Crippen molar-refractivity contribution >= 4 is 10.0 Å². The molecule has 2 aliphatic heterocycles. The highest BCUT2D eigenvalue weighted by Gasteiger charge is 2.38. The highest BCUT2D eigenvalue weighted by atomic mass is 32.2. The SMILES string of the molecule is O=S(=O)(c1cccnc1)N1CCC(O)(CN2CCCCC2)CC1. The van der Waals surface area contributed by atoms with Crippen LogP contribution >= 0.6 is 0 Å². The van der Waals surface area contributed by atoms with E-state index in [1.807, 2.05) is 0 Å². The first kappa shape index (κ1) is 16.8. The molecular formula is C16H25N3O3S. The lowest BCUT2D eigenvalue weighted by atomic mass is 9.91. The Labute approximate surface area is 138 Å². The van der Waals surface area contributed by atoms with Gasteiger partial charge in [0.05, 0.1) is 5.60 Å². The standard InChI is InChI=1S/C16H25N3O3S/c20-16(14-18-9-2-1-3-10-18)6-11-19(12-7-16)23(21,22)15-5-4-8-17-13-15/h4-5,8,13,20H,1-3,6-7,9-12,14H2. The molecule has 0 aliphatic carbocycles. The van der Waals surface area contributed by atoms with Crippen LogP contribution in [0, 0.1) is 0 Å². The first-order valence-corrected chi connectivity index (χ1v) is 9.79. The Hall–Kier alpha value is -1.02. The van der Waals surface area contributed by atoms with Crippen LogP contribution in [0.3, 0.4) is 0 Å². The van der Waals surface area contributed by atoms with E-state index in [0.29, 0.717) is 32.5 Å². The lowest BCUT2D eigenvalue weighted by molar-refractivity contribution is -0.0360. The minimum atomic E-state index is -3.50. The molecule has 1 aromatic heterocycles. The number of nitrogens with zero attached hydrogens (tertiary/aromatic N) is 3. The van der Waals surface area contributed by atoms with Crippen molar-refractivity contribution in [2.24, 2.45) is 0 Å². The Morgan fingerprint density at radius 2 is 1.83 bits per heavy atom. The van der Waals surface area contributed by atoms with E-state index < -0.39 is 15.6 Å². The number of aromatic nitrogens is 1. The van der Waals surface area contributed by atoms with Gasteiger partial charge in [0.15, 0.2) is 0 Å². The first-order chi connectivity index (χ1) is 11.0. The van der Waals surface area contributed by atoms with E-state index in [2.05, 4.69) is 9.88 Å². The van der Waals surface area contributed by atoms with Crippen molar-refractivity contribution in [3.05, 3.63) is 24.5 Å². The van der Waals surface area contributed by atoms with E-state index >= 15 is 0 Å². The molecule has 2 saturated heterocycles. The quantitative estimate of drug-likeness (QED) is 0.889. The summed E-state index contributed by atoms with van der Waals surface area (Å²) in [6.45, 7) is 3.47. The summed E-state index contributed by atoms with van der Waals surface area (Å²) >= 11 is 0. The number of β-amino-alcohol motifs (C(OH)–C–C–N with tert-alkyl or cyclic N) is 1. The largest absolute Gasteiger partial charge is 0.388 e. The zero-order chi connectivity index (χ0) is 16.3. The molecule has 0 radical (unpaired) electrons. The summed E-state index contributed by atoms with van der Waals surface area (Å²) in [6, 6.07) is 3.19. The summed E-state index contributed by atoms with van der Waals surface area (Å²) in [4.78, 5) is 6.43. The molecule has 2 fully saturated rings. The third kappa shape index (κ3) is 3.91. The van der Waals surface area contributed by atoms with Crippen LogP contribution in [0.2, 0.25) is 0 Å². The lowest BCUT2D eigenvalue weighted by Gasteiger charge is -2.41. The van der Waals surface area contributed by atoms with Gasteiger partial charge >= 0.3 is 0 Å². The van der Waals surface area contributed by atoms with Crippen molar-refractivity contribution in [2.75, 3.05) is 32.7 Å². The molecule has 7 heteroatoms. The van der Waals surface area contributed by atoms with E-state index in [0.717, 1.165) is 13.1 Å². The minimum absolute atomic E-state index is 0.224. The predicted molar refractivity (Wildman–Crippen MR) is 87.5 cm³/mol. The molecule has 0 spiro atoms. The van der Waals surface area contributed by atoms with Crippen molar-refractivity contribution in [2.45, 2.75) is 42.6 Å². The van der Waals surface area contributed by atoms with E-state index in [1.165, 1.54) is 29.8 Å². The molecule has 0 unspecified atom stereocenters. The summed E-state index contributed by atoms with van der Waals surface area (Å²) in [6.07, 6.45) is 7.57. The molecular weight excluding hydrogens is 314 g/mol. The van der Waals surface area contributed by atoms with Crippen molar-refractivity contribution in [3.8, 4) is 0 Å². The van der Waals surface area contributed by atoms with Crippen molar-refractivity contribution in [3.63, 3.8) is 0 Å². The van der Waals surface area contributed by atoms with Crippen LogP contribution in [0.15, 0.2) is 29.4 Å². The molecule has 0 atom stereocenters. The Morgan fingerprint density at radius 1 is 1.13 bits per heavy atom. The Balaban J connectivity index is 1.61. The smallest absolute Gasteiger partial charge is 0.244 e. The van der Waals surface area contributed by atoms with Gasteiger partial charge < -0.3 is 10.0 Å². The van der Waals surface area contributed by atoms with Crippen molar-refractivity contribution < 1.29 is 13.5 Å². The molecule has 3 heterocycles.